The van der Waals surface area contributed by atoms with E-state index in [1.807, 2.05) is 6.92 Å². The molecule has 90 valence electrons. The van der Waals surface area contributed by atoms with Gasteiger partial charge in [0.1, 0.15) is 4.88 Å². The highest BCUT2D eigenvalue weighted by molar-refractivity contribution is 7.12. The molecule has 0 N–H and O–H groups in total. The Hall–Kier alpha value is -2.19. The van der Waals surface area contributed by atoms with Crippen LogP contribution in [0.2, 0.25) is 0 Å². The fourth-order valence-corrected chi connectivity index (χ4v) is 2.34. The third-order valence-corrected chi connectivity index (χ3v) is 3.52. The van der Waals surface area contributed by atoms with Crippen LogP contribution in [0.15, 0.2) is 29.8 Å². The largest absolute Gasteiger partial charge is 0.311 e. The van der Waals surface area contributed by atoms with E-state index in [4.69, 9.17) is 5.26 Å². The van der Waals surface area contributed by atoms with Crippen LogP contribution >= 0.6 is 11.3 Å². The number of nitrogens with zero attached hydrogens (tertiary/aromatic N) is 3. The van der Waals surface area contributed by atoms with Gasteiger partial charge in [0.2, 0.25) is 0 Å². The highest BCUT2D eigenvalue weighted by Gasteiger charge is 2.17. The Labute approximate surface area is 109 Å². The molecule has 0 atom stereocenters. The summed E-state index contributed by atoms with van der Waals surface area (Å²) in [5.41, 5.74) is 3.62. The minimum absolute atomic E-state index is 0.106. The van der Waals surface area contributed by atoms with Crippen molar-refractivity contribution in [2.45, 2.75) is 6.92 Å². The van der Waals surface area contributed by atoms with Gasteiger partial charge in [-0.05, 0) is 25.1 Å². The molecule has 0 aliphatic carbocycles. The highest BCUT2D eigenvalue weighted by Crippen LogP contribution is 2.20. The van der Waals surface area contributed by atoms with E-state index in [1.165, 1.54) is 16.2 Å². The number of aryl methyl sites for hydroxylation is 1. The van der Waals surface area contributed by atoms with Crippen molar-refractivity contribution in [1.82, 2.24) is 4.98 Å². The molecule has 18 heavy (non-hydrogen) atoms. The van der Waals surface area contributed by atoms with Crippen LogP contribution < -0.4 is 4.90 Å². The zero-order valence-electron chi connectivity index (χ0n) is 10.0. The van der Waals surface area contributed by atoms with Crippen molar-refractivity contribution in [1.29, 1.82) is 5.26 Å². The molecular formula is C13H11N3OS. The molecule has 1 aromatic carbocycles. The Kier molecular flexibility index (Phi) is 3.40. The van der Waals surface area contributed by atoms with Crippen LogP contribution in [0.25, 0.3) is 0 Å². The topological polar surface area (TPSA) is 57.0 Å². The SMILES string of the molecule is Cc1ncsc1C(=O)N(C)c1cccc(C#N)c1. The maximum absolute atomic E-state index is 12.2. The summed E-state index contributed by atoms with van der Waals surface area (Å²) < 4.78 is 0. The van der Waals surface area contributed by atoms with E-state index in [9.17, 15) is 4.79 Å². The molecule has 2 aromatic rings. The first kappa shape index (κ1) is 12.3. The van der Waals surface area contributed by atoms with Crippen LogP contribution in [-0.2, 0) is 0 Å². The Bertz CT molecular complexity index is 627. The van der Waals surface area contributed by atoms with Gasteiger partial charge in [0, 0.05) is 12.7 Å². The van der Waals surface area contributed by atoms with Gasteiger partial charge in [-0.1, -0.05) is 6.07 Å². The molecule has 0 saturated heterocycles. The predicted octanol–water partition coefficient (Wildman–Crippen LogP) is 2.60. The average Bonchev–Trinajstić information content (AvgIpc) is 2.83. The predicted molar refractivity (Wildman–Crippen MR) is 70.7 cm³/mol. The molecule has 5 heteroatoms. The molecule has 1 aromatic heterocycles. The van der Waals surface area contributed by atoms with Gasteiger partial charge in [0.05, 0.1) is 22.8 Å². The van der Waals surface area contributed by atoms with Crippen LogP contribution in [-0.4, -0.2) is 17.9 Å². The van der Waals surface area contributed by atoms with Gasteiger partial charge in [-0.3, -0.25) is 4.79 Å². The van der Waals surface area contributed by atoms with Crippen molar-refractivity contribution in [3.05, 3.63) is 45.9 Å². The van der Waals surface area contributed by atoms with Gasteiger partial charge in [-0.2, -0.15) is 5.26 Å². The summed E-state index contributed by atoms with van der Waals surface area (Å²) in [7, 11) is 1.69. The monoisotopic (exact) mass is 257 g/mol. The zero-order valence-corrected chi connectivity index (χ0v) is 10.9. The number of carbonyl (C=O) groups excluding carboxylic acids is 1. The Balaban J connectivity index is 2.32. The molecule has 0 radical (unpaired) electrons. The average molecular weight is 257 g/mol. The minimum atomic E-state index is -0.106. The molecule has 0 aliphatic rings. The van der Waals surface area contributed by atoms with Crippen molar-refractivity contribution in [2.75, 3.05) is 11.9 Å². The molecular weight excluding hydrogens is 246 g/mol. The summed E-state index contributed by atoms with van der Waals surface area (Å²) >= 11 is 1.32. The Morgan fingerprint density at radius 2 is 2.28 bits per heavy atom. The number of hydrogen-bond donors (Lipinski definition) is 0. The van der Waals surface area contributed by atoms with Crippen molar-refractivity contribution in [3.63, 3.8) is 0 Å². The summed E-state index contributed by atoms with van der Waals surface area (Å²) in [5, 5.41) is 8.85. The van der Waals surface area contributed by atoms with Crippen molar-refractivity contribution < 1.29 is 4.79 Å². The van der Waals surface area contributed by atoms with Gasteiger partial charge >= 0.3 is 0 Å². The van der Waals surface area contributed by atoms with Crippen molar-refractivity contribution >= 4 is 22.9 Å². The van der Waals surface area contributed by atoms with Gasteiger partial charge in [0.25, 0.3) is 5.91 Å². The van der Waals surface area contributed by atoms with E-state index in [2.05, 4.69) is 11.1 Å². The lowest BCUT2D eigenvalue weighted by Gasteiger charge is -2.16. The number of nitriles is 1. The summed E-state index contributed by atoms with van der Waals surface area (Å²) in [6.45, 7) is 1.81. The number of anilines is 1. The molecule has 4 nitrogen and oxygen atoms in total. The first-order valence-electron chi connectivity index (χ1n) is 5.32. The fourth-order valence-electron chi connectivity index (χ4n) is 1.56. The van der Waals surface area contributed by atoms with Crippen LogP contribution in [0.5, 0.6) is 0 Å². The van der Waals surface area contributed by atoms with Crippen molar-refractivity contribution in [2.24, 2.45) is 0 Å². The fraction of sp³-hybridized carbons (Fsp3) is 0.154. The summed E-state index contributed by atoms with van der Waals surface area (Å²) in [6, 6.07) is 9.02. The van der Waals surface area contributed by atoms with Crippen LogP contribution in [0.1, 0.15) is 20.9 Å². The Morgan fingerprint density at radius 3 is 2.89 bits per heavy atom. The molecule has 0 bridgehead atoms. The number of benzene rings is 1. The highest BCUT2D eigenvalue weighted by atomic mass is 32.1. The van der Waals surface area contributed by atoms with Gasteiger partial charge in [-0.25, -0.2) is 4.98 Å². The first-order valence-corrected chi connectivity index (χ1v) is 6.19. The number of aromatic nitrogens is 1. The van der Waals surface area contributed by atoms with E-state index in [1.54, 1.807) is 36.8 Å². The molecule has 0 saturated carbocycles. The third-order valence-electron chi connectivity index (χ3n) is 2.61. The number of carbonyl (C=O) groups is 1. The van der Waals surface area contributed by atoms with Crippen LogP contribution in [0.3, 0.4) is 0 Å². The minimum Gasteiger partial charge on any atom is -0.311 e. The third kappa shape index (κ3) is 2.24. The molecule has 0 fully saturated rings. The molecule has 1 amide bonds. The smallest absolute Gasteiger partial charge is 0.269 e. The van der Waals surface area contributed by atoms with Crippen LogP contribution in [0.4, 0.5) is 5.69 Å². The summed E-state index contributed by atoms with van der Waals surface area (Å²) in [6.07, 6.45) is 0. The molecule has 0 spiro atoms. The summed E-state index contributed by atoms with van der Waals surface area (Å²) in [5.74, 6) is -0.106. The number of hydrogen-bond acceptors (Lipinski definition) is 4. The molecule has 1 heterocycles. The number of rotatable bonds is 2. The normalized spacial score (nSPS) is 9.83. The van der Waals surface area contributed by atoms with Gasteiger partial charge < -0.3 is 4.90 Å². The quantitative estimate of drug-likeness (QED) is 0.831. The zero-order chi connectivity index (χ0) is 13.1. The van der Waals surface area contributed by atoms with E-state index >= 15 is 0 Å². The second kappa shape index (κ2) is 4.98. The molecule has 0 unspecified atom stereocenters. The second-order valence-corrected chi connectivity index (χ2v) is 4.65. The lowest BCUT2D eigenvalue weighted by Crippen LogP contribution is -2.26. The first-order chi connectivity index (χ1) is 8.63. The maximum atomic E-state index is 12.2. The van der Waals surface area contributed by atoms with Crippen LogP contribution in [0, 0.1) is 18.3 Å². The number of thiazole rings is 1. The van der Waals surface area contributed by atoms with E-state index in [0.717, 1.165) is 5.69 Å². The van der Waals surface area contributed by atoms with Gasteiger partial charge in [0.15, 0.2) is 0 Å². The molecule has 0 aliphatic heterocycles. The van der Waals surface area contributed by atoms with Gasteiger partial charge in [-0.15, -0.1) is 11.3 Å². The van der Waals surface area contributed by atoms with E-state index < -0.39 is 0 Å². The summed E-state index contributed by atoms with van der Waals surface area (Å²) in [4.78, 5) is 18.5. The standard InChI is InChI=1S/C13H11N3OS/c1-9-12(18-8-15-9)13(17)16(2)11-5-3-4-10(6-11)7-14/h3-6,8H,1-2H3. The second-order valence-electron chi connectivity index (χ2n) is 3.79. The lowest BCUT2D eigenvalue weighted by molar-refractivity contribution is 0.0996. The van der Waals surface area contributed by atoms with Crippen molar-refractivity contribution in [3.8, 4) is 6.07 Å². The molecule has 2 rings (SSSR count). The van der Waals surface area contributed by atoms with E-state index in [-0.39, 0.29) is 5.91 Å². The maximum Gasteiger partial charge on any atom is 0.269 e. The number of amides is 1. The Morgan fingerprint density at radius 1 is 1.50 bits per heavy atom. The lowest BCUT2D eigenvalue weighted by atomic mass is 10.2. The van der Waals surface area contributed by atoms with E-state index in [0.29, 0.717) is 16.1 Å².